The molecule has 2 aromatic carbocycles. The lowest BCUT2D eigenvalue weighted by Crippen LogP contribution is -2.40. The number of amides is 2. The Labute approximate surface area is 148 Å². The monoisotopic (exact) mass is 339 g/mol. The normalized spacial score (nSPS) is 18.7. The van der Waals surface area contributed by atoms with Crippen molar-refractivity contribution >= 4 is 11.7 Å². The summed E-state index contributed by atoms with van der Waals surface area (Å²) in [6, 6.07) is 15.5. The number of anilines is 1. The molecule has 0 aliphatic heterocycles. The van der Waals surface area contributed by atoms with Gasteiger partial charge in [0.1, 0.15) is 0 Å². The summed E-state index contributed by atoms with van der Waals surface area (Å²) in [6.07, 6.45) is -0.00829. The van der Waals surface area contributed by atoms with Crippen molar-refractivity contribution in [1.82, 2.24) is 10.6 Å². The number of carbonyl (C=O) groups is 1. The average molecular weight is 339 g/mol. The van der Waals surface area contributed by atoms with Crippen molar-refractivity contribution in [3.63, 3.8) is 0 Å². The van der Waals surface area contributed by atoms with Gasteiger partial charge in [-0.15, -0.1) is 0 Å². The van der Waals surface area contributed by atoms with Crippen LogP contribution >= 0.6 is 0 Å². The maximum Gasteiger partial charge on any atom is 0.315 e. The number of hydrogen-bond donors (Lipinski definition) is 4. The molecule has 0 saturated heterocycles. The number of hydrogen-bond acceptors (Lipinski definition) is 3. The van der Waals surface area contributed by atoms with Crippen LogP contribution in [0.2, 0.25) is 0 Å². The Morgan fingerprint density at radius 2 is 2.00 bits per heavy atom. The predicted octanol–water partition coefficient (Wildman–Crippen LogP) is 2.96. The second kappa shape index (κ2) is 7.57. The number of carbonyl (C=O) groups excluding carboxylic acids is 1. The molecule has 0 radical (unpaired) electrons. The molecular formula is C20H25N3O2. The van der Waals surface area contributed by atoms with Crippen LogP contribution in [0.1, 0.15) is 36.6 Å². The van der Waals surface area contributed by atoms with Gasteiger partial charge in [-0.05, 0) is 42.7 Å². The maximum atomic E-state index is 12.2. The molecule has 5 heteroatoms. The van der Waals surface area contributed by atoms with Crippen LogP contribution in [0.5, 0.6) is 0 Å². The first kappa shape index (κ1) is 17.3. The average Bonchev–Trinajstić information content (AvgIpc) is 2.88. The summed E-state index contributed by atoms with van der Waals surface area (Å²) in [5.41, 5.74) is 4.14. The predicted molar refractivity (Wildman–Crippen MR) is 99.5 cm³/mol. The second-order valence-corrected chi connectivity index (χ2v) is 6.77. The molecule has 0 aromatic heterocycles. The van der Waals surface area contributed by atoms with Crippen molar-refractivity contribution in [3.05, 3.63) is 65.2 Å². The van der Waals surface area contributed by atoms with Crippen LogP contribution in [0.25, 0.3) is 0 Å². The van der Waals surface area contributed by atoms with E-state index in [9.17, 15) is 9.90 Å². The SMILES string of the molecule is CC(C)Nc1cccc(CNC(=O)NC2c3ccccc3CC2O)c1. The molecule has 4 N–H and O–H groups in total. The van der Waals surface area contributed by atoms with Crippen molar-refractivity contribution in [2.24, 2.45) is 0 Å². The van der Waals surface area contributed by atoms with Crippen LogP contribution in [-0.2, 0) is 13.0 Å². The molecule has 2 atom stereocenters. The molecule has 0 spiro atoms. The summed E-state index contributed by atoms with van der Waals surface area (Å²) in [4.78, 5) is 12.2. The van der Waals surface area contributed by atoms with Gasteiger partial charge in [0.2, 0.25) is 0 Å². The minimum atomic E-state index is -0.582. The molecular weight excluding hydrogens is 314 g/mol. The largest absolute Gasteiger partial charge is 0.390 e. The molecule has 25 heavy (non-hydrogen) atoms. The number of aliphatic hydroxyl groups is 1. The highest BCUT2D eigenvalue weighted by atomic mass is 16.3. The number of urea groups is 1. The molecule has 1 aliphatic carbocycles. The highest BCUT2D eigenvalue weighted by Gasteiger charge is 2.31. The fourth-order valence-electron chi connectivity index (χ4n) is 3.23. The van der Waals surface area contributed by atoms with Crippen molar-refractivity contribution < 1.29 is 9.90 Å². The van der Waals surface area contributed by atoms with E-state index in [1.54, 1.807) is 0 Å². The second-order valence-electron chi connectivity index (χ2n) is 6.77. The molecule has 2 amide bonds. The van der Waals surface area contributed by atoms with Gasteiger partial charge >= 0.3 is 6.03 Å². The highest BCUT2D eigenvalue weighted by Crippen LogP contribution is 2.31. The minimum Gasteiger partial charge on any atom is -0.390 e. The van der Waals surface area contributed by atoms with Crippen molar-refractivity contribution in [2.45, 2.75) is 45.0 Å². The molecule has 0 saturated carbocycles. The molecule has 1 aliphatic rings. The van der Waals surface area contributed by atoms with Gasteiger partial charge in [-0.3, -0.25) is 0 Å². The van der Waals surface area contributed by atoms with Gasteiger partial charge in [-0.2, -0.15) is 0 Å². The van der Waals surface area contributed by atoms with E-state index in [1.807, 2.05) is 48.5 Å². The van der Waals surface area contributed by atoms with Gasteiger partial charge in [-0.25, -0.2) is 4.79 Å². The fourth-order valence-corrected chi connectivity index (χ4v) is 3.23. The Morgan fingerprint density at radius 3 is 2.80 bits per heavy atom. The zero-order valence-corrected chi connectivity index (χ0v) is 14.6. The first-order valence-corrected chi connectivity index (χ1v) is 8.68. The van der Waals surface area contributed by atoms with Crippen LogP contribution in [0.4, 0.5) is 10.5 Å². The lowest BCUT2D eigenvalue weighted by atomic mass is 10.1. The van der Waals surface area contributed by atoms with Gasteiger partial charge in [0, 0.05) is 24.7 Å². The molecule has 3 rings (SSSR count). The molecule has 2 unspecified atom stereocenters. The van der Waals surface area contributed by atoms with E-state index in [2.05, 4.69) is 29.8 Å². The molecule has 0 fully saturated rings. The van der Waals surface area contributed by atoms with Gasteiger partial charge in [0.05, 0.1) is 12.1 Å². The van der Waals surface area contributed by atoms with E-state index in [4.69, 9.17) is 0 Å². The smallest absolute Gasteiger partial charge is 0.315 e. The summed E-state index contributed by atoms with van der Waals surface area (Å²) >= 11 is 0. The van der Waals surface area contributed by atoms with Gasteiger partial charge in [0.15, 0.2) is 0 Å². The molecule has 2 aromatic rings. The van der Waals surface area contributed by atoms with Crippen LogP contribution in [0, 0.1) is 0 Å². The molecule has 132 valence electrons. The van der Waals surface area contributed by atoms with Gasteiger partial charge < -0.3 is 21.1 Å². The summed E-state index contributed by atoms with van der Waals surface area (Å²) in [7, 11) is 0. The lowest BCUT2D eigenvalue weighted by Gasteiger charge is -2.18. The number of nitrogens with one attached hydrogen (secondary N) is 3. The van der Waals surface area contributed by atoms with Crippen LogP contribution in [-0.4, -0.2) is 23.3 Å². The Balaban J connectivity index is 1.57. The third-order valence-electron chi connectivity index (χ3n) is 4.33. The van der Waals surface area contributed by atoms with Crippen LogP contribution < -0.4 is 16.0 Å². The fraction of sp³-hybridized carbons (Fsp3) is 0.350. The zero-order valence-electron chi connectivity index (χ0n) is 14.6. The van der Waals surface area contributed by atoms with Gasteiger partial charge in [-0.1, -0.05) is 36.4 Å². The summed E-state index contributed by atoms with van der Waals surface area (Å²) < 4.78 is 0. The quantitative estimate of drug-likeness (QED) is 0.677. The Hall–Kier alpha value is -2.53. The number of rotatable bonds is 5. The first-order valence-electron chi connectivity index (χ1n) is 8.68. The van der Waals surface area contributed by atoms with Crippen molar-refractivity contribution in [2.75, 3.05) is 5.32 Å². The van der Waals surface area contributed by atoms with Crippen LogP contribution in [0.3, 0.4) is 0 Å². The first-order chi connectivity index (χ1) is 12.0. The van der Waals surface area contributed by atoms with E-state index in [0.717, 1.165) is 22.4 Å². The summed E-state index contributed by atoms with van der Waals surface area (Å²) in [5, 5.41) is 19.3. The topological polar surface area (TPSA) is 73.4 Å². The molecule has 0 heterocycles. The van der Waals surface area contributed by atoms with Gasteiger partial charge in [0.25, 0.3) is 0 Å². The summed E-state index contributed by atoms with van der Waals surface area (Å²) in [5.74, 6) is 0. The zero-order chi connectivity index (χ0) is 17.8. The lowest BCUT2D eigenvalue weighted by molar-refractivity contribution is 0.142. The van der Waals surface area contributed by atoms with E-state index in [0.29, 0.717) is 19.0 Å². The van der Waals surface area contributed by atoms with Crippen molar-refractivity contribution in [3.8, 4) is 0 Å². The standard InChI is InChI=1S/C20H25N3O2/c1-13(2)22-16-8-5-6-14(10-16)12-21-20(25)23-19-17-9-4-3-7-15(17)11-18(19)24/h3-10,13,18-19,22,24H,11-12H2,1-2H3,(H2,21,23,25). The van der Waals surface area contributed by atoms with Crippen molar-refractivity contribution in [1.29, 1.82) is 0 Å². The maximum absolute atomic E-state index is 12.2. The number of fused-ring (bicyclic) bond motifs is 1. The van der Waals surface area contributed by atoms with Crippen LogP contribution in [0.15, 0.2) is 48.5 Å². The Bertz CT molecular complexity index is 745. The Morgan fingerprint density at radius 1 is 1.20 bits per heavy atom. The number of benzene rings is 2. The van der Waals surface area contributed by atoms with E-state index < -0.39 is 6.10 Å². The third kappa shape index (κ3) is 4.31. The summed E-state index contributed by atoms with van der Waals surface area (Å²) in [6.45, 7) is 4.61. The highest BCUT2D eigenvalue weighted by molar-refractivity contribution is 5.75. The third-order valence-corrected chi connectivity index (χ3v) is 4.33. The molecule has 5 nitrogen and oxygen atoms in total. The number of aliphatic hydroxyl groups excluding tert-OH is 1. The van der Waals surface area contributed by atoms with E-state index in [1.165, 1.54) is 0 Å². The van der Waals surface area contributed by atoms with E-state index in [-0.39, 0.29) is 12.1 Å². The van der Waals surface area contributed by atoms with E-state index >= 15 is 0 Å². The molecule has 0 bridgehead atoms. The Kier molecular flexibility index (Phi) is 5.24. The minimum absolute atomic E-state index is 0.275.